The van der Waals surface area contributed by atoms with E-state index in [9.17, 15) is 4.79 Å². The maximum atomic E-state index is 12.0. The van der Waals surface area contributed by atoms with E-state index in [1.54, 1.807) is 17.4 Å². The van der Waals surface area contributed by atoms with Crippen LogP contribution in [0.15, 0.2) is 60.7 Å². The van der Waals surface area contributed by atoms with Gasteiger partial charge in [-0.3, -0.25) is 10.1 Å². The Hall–Kier alpha value is -2.72. The molecule has 0 aliphatic heterocycles. The van der Waals surface area contributed by atoms with Gasteiger partial charge in [0.2, 0.25) is 5.91 Å². The minimum Gasteiger partial charge on any atom is -0.298 e. The lowest BCUT2D eigenvalue weighted by Crippen LogP contribution is -2.07. The van der Waals surface area contributed by atoms with Gasteiger partial charge in [-0.2, -0.15) is 0 Å². The molecule has 0 atom stereocenters. The zero-order chi connectivity index (χ0) is 15.6. The summed E-state index contributed by atoms with van der Waals surface area (Å²) >= 11 is 1.55. The van der Waals surface area contributed by atoms with Crippen molar-refractivity contribution in [2.45, 2.75) is 6.42 Å². The molecule has 4 heteroatoms. The number of aromatic nitrogens is 1. The van der Waals surface area contributed by atoms with Gasteiger partial charge in [-0.25, -0.2) is 4.98 Å². The molecule has 1 aliphatic rings. The fourth-order valence-corrected chi connectivity index (χ4v) is 3.70. The van der Waals surface area contributed by atoms with Crippen molar-refractivity contribution >= 4 is 28.5 Å². The number of hydrogen-bond donors (Lipinski definition) is 1. The second kappa shape index (κ2) is 5.82. The summed E-state index contributed by atoms with van der Waals surface area (Å²) < 4.78 is 0. The summed E-state index contributed by atoms with van der Waals surface area (Å²) in [5, 5.41) is 3.51. The molecule has 0 unspecified atom stereocenters. The van der Waals surface area contributed by atoms with Crippen molar-refractivity contribution in [1.82, 2.24) is 4.98 Å². The number of benzene rings is 2. The van der Waals surface area contributed by atoms with Gasteiger partial charge in [0.05, 0.1) is 5.69 Å². The van der Waals surface area contributed by atoms with Crippen LogP contribution < -0.4 is 5.32 Å². The Morgan fingerprint density at radius 3 is 2.74 bits per heavy atom. The van der Waals surface area contributed by atoms with E-state index in [1.165, 1.54) is 22.1 Å². The maximum Gasteiger partial charge on any atom is 0.250 e. The highest BCUT2D eigenvalue weighted by molar-refractivity contribution is 7.16. The van der Waals surface area contributed by atoms with Gasteiger partial charge in [0.15, 0.2) is 5.13 Å². The summed E-state index contributed by atoms with van der Waals surface area (Å²) in [6, 6.07) is 18.0. The number of thiazole rings is 1. The highest BCUT2D eigenvalue weighted by Gasteiger charge is 2.23. The zero-order valence-corrected chi connectivity index (χ0v) is 13.1. The number of hydrogen-bond acceptors (Lipinski definition) is 3. The minimum atomic E-state index is -0.158. The van der Waals surface area contributed by atoms with E-state index in [-0.39, 0.29) is 5.91 Å². The molecule has 1 aliphatic carbocycles. The molecule has 0 bridgehead atoms. The van der Waals surface area contributed by atoms with Gasteiger partial charge >= 0.3 is 0 Å². The number of rotatable bonds is 3. The molecule has 2 aromatic carbocycles. The van der Waals surface area contributed by atoms with Crippen LogP contribution in [0.1, 0.15) is 16.0 Å². The number of fused-ring (bicyclic) bond motifs is 3. The Labute approximate surface area is 138 Å². The zero-order valence-electron chi connectivity index (χ0n) is 12.3. The number of anilines is 1. The third-order valence-electron chi connectivity index (χ3n) is 3.78. The van der Waals surface area contributed by atoms with E-state index in [4.69, 9.17) is 0 Å². The Bertz CT molecular complexity index is 897. The van der Waals surface area contributed by atoms with Crippen LogP contribution in [-0.4, -0.2) is 10.9 Å². The van der Waals surface area contributed by atoms with Crippen molar-refractivity contribution in [3.05, 3.63) is 76.7 Å². The minimum absolute atomic E-state index is 0.158. The molecule has 3 nitrogen and oxygen atoms in total. The summed E-state index contributed by atoms with van der Waals surface area (Å²) in [6.45, 7) is 0. The molecule has 0 saturated heterocycles. The average molecular weight is 318 g/mol. The highest BCUT2D eigenvalue weighted by atomic mass is 32.1. The number of nitrogens with one attached hydrogen (secondary N) is 1. The molecule has 3 aromatic rings. The van der Waals surface area contributed by atoms with Crippen molar-refractivity contribution in [2.24, 2.45) is 0 Å². The number of carbonyl (C=O) groups excluding carboxylic acids is 1. The van der Waals surface area contributed by atoms with Gasteiger partial charge in [-0.1, -0.05) is 54.6 Å². The second-order valence-electron chi connectivity index (χ2n) is 5.36. The van der Waals surface area contributed by atoms with Crippen LogP contribution in [0.5, 0.6) is 0 Å². The molecule has 1 N–H and O–H groups in total. The van der Waals surface area contributed by atoms with E-state index in [0.29, 0.717) is 5.13 Å². The summed E-state index contributed by atoms with van der Waals surface area (Å²) in [7, 11) is 0. The van der Waals surface area contributed by atoms with Crippen LogP contribution >= 0.6 is 11.3 Å². The van der Waals surface area contributed by atoms with Gasteiger partial charge in [0.25, 0.3) is 0 Å². The Kier molecular flexibility index (Phi) is 3.52. The molecular formula is C19H14N2OS. The Morgan fingerprint density at radius 2 is 1.87 bits per heavy atom. The first-order chi connectivity index (χ1) is 11.3. The first-order valence-electron chi connectivity index (χ1n) is 7.42. The van der Waals surface area contributed by atoms with Crippen molar-refractivity contribution in [1.29, 1.82) is 0 Å². The molecule has 1 heterocycles. The lowest BCUT2D eigenvalue weighted by Gasteiger charge is -1.99. The largest absolute Gasteiger partial charge is 0.298 e. The number of amides is 1. The van der Waals surface area contributed by atoms with E-state index >= 15 is 0 Å². The lowest BCUT2D eigenvalue weighted by atomic mass is 10.1. The molecule has 4 rings (SSSR count). The van der Waals surface area contributed by atoms with Crippen LogP contribution in [0, 0.1) is 0 Å². The first-order valence-corrected chi connectivity index (χ1v) is 8.23. The van der Waals surface area contributed by atoms with Gasteiger partial charge in [-0.05, 0) is 17.2 Å². The van der Waals surface area contributed by atoms with E-state index < -0.39 is 0 Å². The molecule has 1 aromatic heterocycles. The molecule has 0 saturated carbocycles. The highest BCUT2D eigenvalue weighted by Crippen LogP contribution is 2.40. The first kappa shape index (κ1) is 13.9. The number of nitrogens with zero attached hydrogens (tertiary/aromatic N) is 1. The van der Waals surface area contributed by atoms with Crippen molar-refractivity contribution < 1.29 is 4.79 Å². The van der Waals surface area contributed by atoms with Crippen molar-refractivity contribution in [3.63, 3.8) is 0 Å². The van der Waals surface area contributed by atoms with Gasteiger partial charge in [-0.15, -0.1) is 11.3 Å². The summed E-state index contributed by atoms with van der Waals surface area (Å²) in [5.74, 6) is -0.158. The normalized spacial score (nSPS) is 12.2. The molecule has 0 spiro atoms. The molecule has 0 radical (unpaired) electrons. The maximum absolute atomic E-state index is 12.0. The Balaban J connectivity index is 1.49. The SMILES string of the molecule is O=C(/C=C/c1ccccc1)Nc1nc2c(s1)Cc1ccccc1-2. The van der Waals surface area contributed by atoms with Crippen LogP contribution in [-0.2, 0) is 11.2 Å². The van der Waals surface area contributed by atoms with Crippen LogP contribution in [0.25, 0.3) is 17.3 Å². The predicted octanol–water partition coefficient (Wildman–Crippen LogP) is 4.37. The monoisotopic (exact) mass is 318 g/mol. The standard InChI is InChI=1S/C19H14N2OS/c22-17(11-10-13-6-2-1-3-7-13)20-19-21-18-15-9-5-4-8-14(15)12-16(18)23-19/h1-11H,12H2,(H,20,21,22)/b11-10+. The second-order valence-corrected chi connectivity index (χ2v) is 6.44. The third kappa shape index (κ3) is 2.81. The van der Waals surface area contributed by atoms with Crippen LogP contribution in [0.4, 0.5) is 5.13 Å². The number of carbonyl (C=O) groups is 1. The molecule has 112 valence electrons. The third-order valence-corrected chi connectivity index (χ3v) is 4.75. The lowest BCUT2D eigenvalue weighted by molar-refractivity contribution is -0.111. The van der Waals surface area contributed by atoms with E-state index in [2.05, 4.69) is 22.4 Å². The van der Waals surface area contributed by atoms with E-state index in [0.717, 1.165) is 17.7 Å². The molecule has 23 heavy (non-hydrogen) atoms. The van der Waals surface area contributed by atoms with Crippen LogP contribution in [0.3, 0.4) is 0 Å². The quantitative estimate of drug-likeness (QED) is 0.570. The van der Waals surface area contributed by atoms with Crippen molar-refractivity contribution in [3.8, 4) is 11.3 Å². The van der Waals surface area contributed by atoms with Crippen molar-refractivity contribution in [2.75, 3.05) is 5.32 Å². The summed E-state index contributed by atoms with van der Waals surface area (Å²) in [4.78, 5) is 17.8. The Morgan fingerprint density at radius 1 is 1.09 bits per heavy atom. The van der Waals surface area contributed by atoms with E-state index in [1.807, 2.05) is 42.5 Å². The summed E-state index contributed by atoms with van der Waals surface area (Å²) in [6.07, 6.45) is 4.24. The topological polar surface area (TPSA) is 42.0 Å². The fraction of sp³-hybridized carbons (Fsp3) is 0.0526. The molecule has 0 fully saturated rings. The van der Waals surface area contributed by atoms with Crippen LogP contribution in [0.2, 0.25) is 0 Å². The molecular weight excluding hydrogens is 304 g/mol. The molecule has 1 amide bonds. The average Bonchev–Trinajstić information content (AvgIpc) is 3.11. The van der Waals surface area contributed by atoms with Gasteiger partial charge in [0.1, 0.15) is 0 Å². The van der Waals surface area contributed by atoms with Gasteiger partial charge in [0, 0.05) is 22.9 Å². The fourth-order valence-electron chi connectivity index (χ4n) is 2.70. The smallest absolute Gasteiger partial charge is 0.250 e. The predicted molar refractivity (Wildman–Crippen MR) is 94.5 cm³/mol. The van der Waals surface area contributed by atoms with Gasteiger partial charge < -0.3 is 0 Å². The summed E-state index contributed by atoms with van der Waals surface area (Å²) in [5.41, 5.74) is 4.49.